The highest BCUT2D eigenvalue weighted by molar-refractivity contribution is 5.61. The molecule has 7 nitrogen and oxygen atoms in total. The minimum absolute atomic E-state index is 0.152. The number of benzene rings is 3. The van der Waals surface area contributed by atoms with Crippen LogP contribution in [-0.4, -0.2) is 38.0 Å². The fourth-order valence-electron chi connectivity index (χ4n) is 4.48. The van der Waals surface area contributed by atoms with Gasteiger partial charge in [-0.15, -0.1) is 0 Å². The van der Waals surface area contributed by atoms with Crippen LogP contribution in [0.3, 0.4) is 0 Å². The average Bonchev–Trinajstić information content (AvgIpc) is 3.26. The van der Waals surface area contributed by atoms with Crippen LogP contribution >= 0.6 is 0 Å². The van der Waals surface area contributed by atoms with Crippen LogP contribution in [-0.2, 0) is 12.8 Å². The molecule has 0 aliphatic carbocycles. The van der Waals surface area contributed by atoms with Crippen molar-refractivity contribution in [2.75, 3.05) is 13.2 Å². The van der Waals surface area contributed by atoms with Crippen molar-refractivity contribution in [3.63, 3.8) is 0 Å². The summed E-state index contributed by atoms with van der Waals surface area (Å²) in [5.41, 5.74) is 4.92. The van der Waals surface area contributed by atoms with Crippen molar-refractivity contribution in [2.45, 2.75) is 32.1 Å². The lowest BCUT2D eigenvalue weighted by molar-refractivity contribution is 0.266. The van der Waals surface area contributed by atoms with Gasteiger partial charge in [0.05, 0.1) is 18.0 Å². The molecule has 194 valence electrons. The normalized spacial score (nSPS) is 11.2. The molecule has 0 saturated carbocycles. The van der Waals surface area contributed by atoms with Gasteiger partial charge in [-0.3, -0.25) is 9.36 Å². The van der Waals surface area contributed by atoms with Crippen LogP contribution in [0.5, 0.6) is 11.5 Å². The minimum atomic E-state index is -0.152. The number of hydrogen-bond acceptors (Lipinski definition) is 5. The molecule has 2 aliphatic rings. The summed E-state index contributed by atoms with van der Waals surface area (Å²) >= 11 is 0. The molecule has 3 aromatic carbocycles. The van der Waals surface area contributed by atoms with Crippen LogP contribution in [0.15, 0.2) is 89.9 Å². The van der Waals surface area contributed by atoms with Gasteiger partial charge in [0.15, 0.2) is 5.82 Å². The van der Waals surface area contributed by atoms with E-state index in [0.717, 1.165) is 53.1 Å². The van der Waals surface area contributed by atoms with Crippen LogP contribution in [0.25, 0.3) is 17.1 Å². The van der Waals surface area contributed by atoms with Gasteiger partial charge in [0, 0.05) is 25.6 Å². The number of ether oxygens (including phenoxy) is 1. The molecular formula is C31H31N3O4. The van der Waals surface area contributed by atoms with E-state index in [1.165, 1.54) is 0 Å². The molecule has 0 amide bonds. The number of phenols is 1. The number of H-pyrrole nitrogens is 1. The van der Waals surface area contributed by atoms with Crippen LogP contribution < -0.4 is 10.3 Å². The van der Waals surface area contributed by atoms with Crippen LogP contribution in [0.1, 0.15) is 41.8 Å². The number of imidazole rings is 1. The Hall–Kier alpha value is -4.36. The number of unbranched alkanes of at least 4 members (excludes halogenated alkanes) is 2. The molecule has 0 saturated heterocycles. The highest BCUT2D eigenvalue weighted by Gasteiger charge is 2.20. The number of hydrogen-bond donors (Lipinski definition) is 3. The molecule has 0 spiro atoms. The van der Waals surface area contributed by atoms with Crippen LogP contribution in [0.4, 0.5) is 0 Å². The minimum Gasteiger partial charge on any atom is -0.508 e. The predicted octanol–water partition coefficient (Wildman–Crippen LogP) is 5.09. The number of rotatable bonds is 11. The third-order valence-corrected chi connectivity index (χ3v) is 6.52. The summed E-state index contributed by atoms with van der Waals surface area (Å²) in [5.74, 6) is 1.58. The highest BCUT2D eigenvalue weighted by atomic mass is 16.5. The van der Waals surface area contributed by atoms with Crippen molar-refractivity contribution in [1.82, 2.24) is 14.5 Å². The fraction of sp³-hybridized carbons (Fsp3) is 0.226. The summed E-state index contributed by atoms with van der Waals surface area (Å²) in [5, 5.41) is 18.5. The van der Waals surface area contributed by atoms with Crippen molar-refractivity contribution in [3.05, 3.63) is 118 Å². The Morgan fingerprint density at radius 1 is 0.842 bits per heavy atom. The van der Waals surface area contributed by atoms with E-state index in [4.69, 9.17) is 14.8 Å². The topological polar surface area (TPSA) is 100 Å². The van der Waals surface area contributed by atoms with Gasteiger partial charge in [0.1, 0.15) is 17.2 Å². The molecule has 0 unspecified atom stereocenters. The summed E-state index contributed by atoms with van der Waals surface area (Å²) < 4.78 is 7.46. The smallest absolute Gasteiger partial charge is 0.278 e. The molecule has 7 heteroatoms. The lowest BCUT2D eigenvalue weighted by atomic mass is 10.1. The first-order chi connectivity index (χ1) is 18.6. The van der Waals surface area contributed by atoms with Gasteiger partial charge in [-0.25, -0.2) is 4.98 Å². The Balaban J connectivity index is 1.47. The number of fused-ring (bicyclic) bond motifs is 1. The number of nitrogens with one attached hydrogen (secondary N) is 1. The molecule has 3 N–H and O–H groups in total. The molecular weight excluding hydrogens is 478 g/mol. The standard InChI is InChI=1S/C31H31N3O4/c35-17-5-2-6-18-38-26-15-11-24(12-16-26)29-21-34-30(27(32-29)19-22-7-3-1-4-8-22)33-28(31(34)37)20-23-9-13-25(36)14-10-23/h1,3-4,7-16,21,32,35-36H,2,5-6,17-20H2. The summed E-state index contributed by atoms with van der Waals surface area (Å²) in [6.45, 7) is 0.819. The van der Waals surface area contributed by atoms with Crippen LogP contribution in [0, 0.1) is 0 Å². The quantitative estimate of drug-likeness (QED) is 0.215. The van der Waals surface area contributed by atoms with E-state index in [-0.39, 0.29) is 17.9 Å². The van der Waals surface area contributed by atoms with Gasteiger partial charge >= 0.3 is 0 Å². The maximum Gasteiger partial charge on any atom is 0.278 e. The van der Waals surface area contributed by atoms with Gasteiger partial charge in [0.25, 0.3) is 5.56 Å². The first kappa shape index (κ1) is 25.3. The third-order valence-electron chi connectivity index (χ3n) is 6.52. The molecule has 38 heavy (non-hydrogen) atoms. The second-order valence-electron chi connectivity index (χ2n) is 9.37. The summed E-state index contributed by atoms with van der Waals surface area (Å²) in [4.78, 5) is 21.7. The van der Waals surface area contributed by atoms with Crippen LogP contribution in [0.2, 0.25) is 0 Å². The lowest BCUT2D eigenvalue weighted by Crippen LogP contribution is -2.17. The van der Waals surface area contributed by atoms with Gasteiger partial charge in [-0.2, -0.15) is 0 Å². The predicted molar refractivity (Wildman–Crippen MR) is 147 cm³/mol. The SMILES string of the molecule is O=c1c(Cc2ccc(O)cc2)nc2c(Cc3ccccc3)[nH]c(-c3ccc(OCCCCCO)cc3)cn1-2. The maximum absolute atomic E-state index is 13.4. The zero-order valence-corrected chi connectivity index (χ0v) is 21.1. The zero-order chi connectivity index (χ0) is 26.3. The molecule has 0 bridgehead atoms. The summed E-state index contributed by atoms with van der Waals surface area (Å²) in [6, 6.07) is 24.7. The molecule has 5 rings (SSSR count). The fourth-order valence-corrected chi connectivity index (χ4v) is 4.48. The molecule has 0 atom stereocenters. The van der Waals surface area contributed by atoms with Crippen molar-refractivity contribution in [3.8, 4) is 28.6 Å². The van der Waals surface area contributed by atoms with Crippen molar-refractivity contribution in [1.29, 1.82) is 0 Å². The van der Waals surface area contributed by atoms with Crippen molar-refractivity contribution in [2.24, 2.45) is 0 Å². The molecule has 0 aromatic heterocycles. The molecule has 2 aliphatic heterocycles. The number of aliphatic hydroxyl groups is 1. The zero-order valence-electron chi connectivity index (χ0n) is 21.1. The maximum atomic E-state index is 13.4. The van der Waals surface area contributed by atoms with E-state index in [1.54, 1.807) is 28.8 Å². The van der Waals surface area contributed by atoms with Crippen molar-refractivity contribution >= 4 is 0 Å². The largest absolute Gasteiger partial charge is 0.508 e. The highest BCUT2D eigenvalue weighted by Crippen LogP contribution is 2.26. The lowest BCUT2D eigenvalue weighted by Gasteiger charge is -2.14. The monoisotopic (exact) mass is 509 g/mol. The molecule has 3 aromatic rings. The molecule has 2 heterocycles. The first-order valence-corrected chi connectivity index (χ1v) is 12.9. The Kier molecular flexibility index (Phi) is 7.85. The van der Waals surface area contributed by atoms with E-state index in [0.29, 0.717) is 31.0 Å². The Morgan fingerprint density at radius 3 is 2.32 bits per heavy atom. The van der Waals surface area contributed by atoms with Gasteiger partial charge in [-0.1, -0.05) is 42.5 Å². The first-order valence-electron chi connectivity index (χ1n) is 12.9. The number of phenolic OH excluding ortho intramolecular Hbond substituents is 1. The van der Waals surface area contributed by atoms with E-state index in [9.17, 15) is 9.90 Å². The summed E-state index contributed by atoms with van der Waals surface area (Å²) in [6.07, 6.45) is 5.41. The number of nitrogens with zero attached hydrogens (tertiary/aromatic N) is 2. The Bertz CT molecular complexity index is 1490. The van der Waals surface area contributed by atoms with E-state index in [2.05, 4.69) is 17.1 Å². The molecule has 0 fully saturated rings. The average molecular weight is 510 g/mol. The third kappa shape index (κ3) is 5.95. The van der Waals surface area contributed by atoms with E-state index >= 15 is 0 Å². The van der Waals surface area contributed by atoms with Gasteiger partial charge < -0.3 is 19.9 Å². The number of aromatic nitrogens is 3. The van der Waals surface area contributed by atoms with Crippen molar-refractivity contribution < 1.29 is 14.9 Å². The second kappa shape index (κ2) is 11.8. The second-order valence-corrected chi connectivity index (χ2v) is 9.37. The molecule has 0 radical (unpaired) electrons. The van der Waals surface area contributed by atoms with E-state index in [1.807, 2.05) is 48.7 Å². The van der Waals surface area contributed by atoms with Gasteiger partial charge in [-0.05, 0) is 72.4 Å². The number of aromatic amines is 1. The van der Waals surface area contributed by atoms with Gasteiger partial charge in [0.2, 0.25) is 0 Å². The van der Waals surface area contributed by atoms with E-state index < -0.39 is 0 Å². The Labute approximate surface area is 221 Å². The number of aromatic hydroxyl groups is 1. The summed E-state index contributed by atoms with van der Waals surface area (Å²) in [7, 11) is 0. The number of aliphatic hydroxyl groups excluding tert-OH is 1. The Morgan fingerprint density at radius 2 is 1.58 bits per heavy atom.